The zero-order valence-electron chi connectivity index (χ0n) is 10.7. The Morgan fingerprint density at radius 1 is 1.41 bits per heavy atom. The normalized spacial score (nSPS) is 26.3. The summed E-state index contributed by atoms with van der Waals surface area (Å²) in [5, 5.41) is 9.75. The molecule has 1 heterocycles. The highest BCUT2D eigenvalue weighted by Gasteiger charge is 2.30. The molecular formula is C14H20FNO. The first-order chi connectivity index (χ1) is 8.00. The highest BCUT2D eigenvalue weighted by atomic mass is 19.1. The summed E-state index contributed by atoms with van der Waals surface area (Å²) in [6.07, 6.45) is 0.442. The number of benzene rings is 1. The zero-order chi connectivity index (χ0) is 12.6. The van der Waals surface area contributed by atoms with Gasteiger partial charge in [-0.25, -0.2) is 4.39 Å². The molecule has 94 valence electrons. The van der Waals surface area contributed by atoms with Gasteiger partial charge in [0.25, 0.3) is 0 Å². The SMILES string of the molecule is CC1CC(C)N(c2c(F)cccc2C(C)O)C1. The third kappa shape index (κ3) is 2.29. The number of nitrogens with zero attached hydrogens (tertiary/aromatic N) is 1. The molecule has 2 nitrogen and oxygen atoms in total. The smallest absolute Gasteiger partial charge is 0.146 e. The predicted molar refractivity (Wildman–Crippen MR) is 67.6 cm³/mol. The third-order valence-electron chi connectivity index (χ3n) is 3.54. The van der Waals surface area contributed by atoms with Crippen molar-refractivity contribution in [1.82, 2.24) is 0 Å². The second-order valence-corrected chi connectivity index (χ2v) is 5.20. The first kappa shape index (κ1) is 12.4. The van der Waals surface area contributed by atoms with Gasteiger partial charge < -0.3 is 10.0 Å². The predicted octanol–water partition coefficient (Wildman–Crippen LogP) is 3.11. The number of hydrogen-bond donors (Lipinski definition) is 1. The van der Waals surface area contributed by atoms with Gasteiger partial charge in [0.1, 0.15) is 5.82 Å². The summed E-state index contributed by atoms with van der Waals surface area (Å²) < 4.78 is 14.0. The molecule has 1 saturated heterocycles. The van der Waals surface area contributed by atoms with Crippen molar-refractivity contribution in [3.63, 3.8) is 0 Å². The molecule has 0 aromatic heterocycles. The molecular weight excluding hydrogens is 217 g/mol. The molecule has 0 spiro atoms. The summed E-state index contributed by atoms with van der Waals surface area (Å²) in [6.45, 7) is 6.84. The van der Waals surface area contributed by atoms with Crippen LogP contribution in [0.5, 0.6) is 0 Å². The first-order valence-electron chi connectivity index (χ1n) is 6.23. The molecule has 3 heteroatoms. The van der Waals surface area contributed by atoms with Crippen LogP contribution in [0.15, 0.2) is 18.2 Å². The van der Waals surface area contributed by atoms with E-state index in [-0.39, 0.29) is 5.82 Å². The Hall–Kier alpha value is -1.09. The van der Waals surface area contributed by atoms with E-state index in [9.17, 15) is 9.50 Å². The van der Waals surface area contributed by atoms with Crippen LogP contribution in [0.3, 0.4) is 0 Å². The molecule has 1 aromatic rings. The minimum absolute atomic E-state index is 0.232. The molecule has 0 aliphatic carbocycles. The minimum atomic E-state index is -0.635. The maximum atomic E-state index is 14.0. The number of rotatable bonds is 2. The van der Waals surface area contributed by atoms with Crippen molar-refractivity contribution < 1.29 is 9.50 Å². The quantitative estimate of drug-likeness (QED) is 0.854. The summed E-state index contributed by atoms with van der Waals surface area (Å²) in [7, 11) is 0. The standard InChI is InChI=1S/C14H20FNO/c1-9-7-10(2)16(8-9)14-12(11(3)17)5-4-6-13(14)15/h4-6,9-11,17H,7-8H2,1-3H3. The highest BCUT2D eigenvalue weighted by molar-refractivity contribution is 5.57. The fourth-order valence-corrected chi connectivity index (χ4v) is 2.78. The van der Waals surface area contributed by atoms with Crippen LogP contribution in [0.4, 0.5) is 10.1 Å². The van der Waals surface area contributed by atoms with E-state index in [0.29, 0.717) is 23.2 Å². The molecule has 3 atom stereocenters. The van der Waals surface area contributed by atoms with E-state index in [0.717, 1.165) is 13.0 Å². The summed E-state index contributed by atoms with van der Waals surface area (Å²) in [5.41, 5.74) is 1.27. The van der Waals surface area contributed by atoms with Crippen LogP contribution >= 0.6 is 0 Å². The largest absolute Gasteiger partial charge is 0.389 e. The molecule has 1 fully saturated rings. The third-order valence-corrected chi connectivity index (χ3v) is 3.54. The van der Waals surface area contributed by atoms with E-state index in [1.54, 1.807) is 19.1 Å². The lowest BCUT2D eigenvalue weighted by Crippen LogP contribution is -2.29. The van der Waals surface area contributed by atoms with Gasteiger partial charge in [-0.15, -0.1) is 0 Å². The first-order valence-corrected chi connectivity index (χ1v) is 6.23. The number of hydrogen-bond acceptors (Lipinski definition) is 2. The van der Waals surface area contributed by atoms with Crippen molar-refractivity contribution in [3.8, 4) is 0 Å². The number of aliphatic hydroxyl groups excluding tert-OH is 1. The lowest BCUT2D eigenvalue weighted by molar-refractivity contribution is 0.199. The Bertz CT molecular complexity index is 405. The summed E-state index contributed by atoms with van der Waals surface area (Å²) in [5.74, 6) is 0.343. The van der Waals surface area contributed by atoms with Gasteiger partial charge in [-0.1, -0.05) is 19.1 Å². The van der Waals surface area contributed by atoms with E-state index in [4.69, 9.17) is 0 Å². The van der Waals surface area contributed by atoms with E-state index >= 15 is 0 Å². The van der Waals surface area contributed by atoms with Crippen molar-refractivity contribution in [3.05, 3.63) is 29.6 Å². The van der Waals surface area contributed by atoms with Crippen molar-refractivity contribution >= 4 is 5.69 Å². The molecule has 0 amide bonds. The van der Waals surface area contributed by atoms with Gasteiger partial charge in [0, 0.05) is 18.2 Å². The second-order valence-electron chi connectivity index (χ2n) is 5.20. The van der Waals surface area contributed by atoms with Crippen LogP contribution in [0.2, 0.25) is 0 Å². The van der Waals surface area contributed by atoms with Gasteiger partial charge >= 0.3 is 0 Å². The molecule has 0 bridgehead atoms. The van der Waals surface area contributed by atoms with Crippen molar-refractivity contribution in [1.29, 1.82) is 0 Å². The Morgan fingerprint density at radius 2 is 2.12 bits per heavy atom. The molecule has 3 unspecified atom stereocenters. The summed E-state index contributed by atoms with van der Waals surface area (Å²) >= 11 is 0. The van der Waals surface area contributed by atoms with Crippen LogP contribution in [0.1, 0.15) is 38.9 Å². The Balaban J connectivity index is 2.43. The molecule has 1 aliphatic heterocycles. The fourth-order valence-electron chi connectivity index (χ4n) is 2.78. The van der Waals surface area contributed by atoms with Crippen LogP contribution in [-0.4, -0.2) is 17.7 Å². The highest BCUT2D eigenvalue weighted by Crippen LogP contribution is 2.35. The van der Waals surface area contributed by atoms with Gasteiger partial charge in [0.05, 0.1) is 11.8 Å². The van der Waals surface area contributed by atoms with Crippen molar-refractivity contribution in [2.75, 3.05) is 11.4 Å². The van der Waals surface area contributed by atoms with E-state index in [1.165, 1.54) is 6.07 Å². The van der Waals surface area contributed by atoms with Crippen LogP contribution < -0.4 is 4.90 Å². The van der Waals surface area contributed by atoms with Crippen molar-refractivity contribution in [2.45, 2.75) is 39.3 Å². The summed E-state index contributed by atoms with van der Waals surface area (Å²) in [6, 6.07) is 5.26. The monoisotopic (exact) mass is 237 g/mol. The Labute approximate surface area is 102 Å². The zero-order valence-corrected chi connectivity index (χ0v) is 10.7. The molecule has 1 N–H and O–H groups in total. The topological polar surface area (TPSA) is 23.5 Å². The van der Waals surface area contributed by atoms with Crippen molar-refractivity contribution in [2.24, 2.45) is 5.92 Å². The number of aliphatic hydroxyl groups is 1. The molecule has 0 saturated carbocycles. The average Bonchev–Trinajstić information content (AvgIpc) is 2.57. The number of para-hydroxylation sites is 1. The molecule has 1 aliphatic rings. The number of halogens is 1. The fraction of sp³-hybridized carbons (Fsp3) is 0.571. The van der Waals surface area contributed by atoms with Crippen LogP contribution in [0.25, 0.3) is 0 Å². The van der Waals surface area contributed by atoms with Gasteiger partial charge in [0.15, 0.2) is 0 Å². The summed E-state index contributed by atoms with van der Waals surface area (Å²) in [4.78, 5) is 2.09. The second kappa shape index (κ2) is 4.65. The maximum absolute atomic E-state index is 14.0. The molecule has 1 aromatic carbocycles. The van der Waals surface area contributed by atoms with Gasteiger partial charge in [0.2, 0.25) is 0 Å². The minimum Gasteiger partial charge on any atom is -0.389 e. The maximum Gasteiger partial charge on any atom is 0.146 e. The average molecular weight is 237 g/mol. The van der Waals surface area contributed by atoms with E-state index in [1.807, 2.05) is 0 Å². The van der Waals surface area contributed by atoms with Crippen LogP contribution in [0, 0.1) is 11.7 Å². The number of anilines is 1. The van der Waals surface area contributed by atoms with E-state index in [2.05, 4.69) is 18.7 Å². The Kier molecular flexibility index (Phi) is 3.38. The van der Waals surface area contributed by atoms with Crippen LogP contribution in [-0.2, 0) is 0 Å². The molecule has 0 radical (unpaired) electrons. The molecule has 2 rings (SSSR count). The lowest BCUT2D eigenvalue weighted by Gasteiger charge is -2.27. The molecule has 17 heavy (non-hydrogen) atoms. The van der Waals surface area contributed by atoms with Gasteiger partial charge in [-0.2, -0.15) is 0 Å². The lowest BCUT2D eigenvalue weighted by atomic mass is 10.1. The van der Waals surface area contributed by atoms with Gasteiger partial charge in [-0.3, -0.25) is 0 Å². The Morgan fingerprint density at radius 3 is 2.65 bits per heavy atom. The van der Waals surface area contributed by atoms with E-state index < -0.39 is 6.10 Å². The van der Waals surface area contributed by atoms with Gasteiger partial charge in [-0.05, 0) is 32.3 Å².